The fourth-order valence-electron chi connectivity index (χ4n) is 2.65. The summed E-state index contributed by atoms with van der Waals surface area (Å²) in [5, 5.41) is 0. The van der Waals surface area contributed by atoms with E-state index in [1.54, 1.807) is 0 Å². The zero-order chi connectivity index (χ0) is 13.9. The van der Waals surface area contributed by atoms with E-state index in [1.807, 2.05) is 38.4 Å². The van der Waals surface area contributed by atoms with Gasteiger partial charge in [0.2, 0.25) is 0 Å². The molecule has 1 aliphatic heterocycles. The second-order valence-electron chi connectivity index (χ2n) is 5.28. The molecule has 1 fully saturated rings. The first kappa shape index (κ1) is 13.0. The van der Waals surface area contributed by atoms with Crippen LogP contribution in [0.5, 0.6) is 0 Å². The zero-order valence-corrected chi connectivity index (χ0v) is 12.0. The summed E-state index contributed by atoms with van der Waals surface area (Å²) in [6, 6.07) is 3.93. The molecular weight excluding hydrogens is 250 g/mol. The first-order valence-corrected chi connectivity index (χ1v) is 7.06. The van der Waals surface area contributed by atoms with E-state index in [9.17, 15) is 0 Å². The Bertz CT molecular complexity index is 537. The lowest BCUT2D eigenvalue weighted by Gasteiger charge is -2.32. The van der Waals surface area contributed by atoms with Gasteiger partial charge in [0.05, 0.1) is 0 Å². The summed E-state index contributed by atoms with van der Waals surface area (Å²) in [5.74, 6) is 3.31. The second kappa shape index (κ2) is 5.53. The molecule has 5 heteroatoms. The molecule has 2 aromatic rings. The Morgan fingerprint density at radius 1 is 1.00 bits per heavy atom. The van der Waals surface area contributed by atoms with Crippen LogP contribution < -0.4 is 4.90 Å². The van der Waals surface area contributed by atoms with Crippen LogP contribution in [-0.4, -0.2) is 33.0 Å². The highest BCUT2D eigenvalue weighted by Crippen LogP contribution is 2.27. The Labute approximate surface area is 119 Å². The van der Waals surface area contributed by atoms with Gasteiger partial charge in [0, 0.05) is 37.1 Å². The average Bonchev–Trinajstić information content (AvgIpc) is 2.47. The largest absolute Gasteiger partial charge is 0.356 e. The zero-order valence-electron chi connectivity index (χ0n) is 12.0. The van der Waals surface area contributed by atoms with Crippen LogP contribution in [-0.2, 0) is 0 Å². The Morgan fingerprint density at radius 2 is 1.75 bits per heavy atom. The van der Waals surface area contributed by atoms with Crippen LogP contribution in [0.1, 0.15) is 36.1 Å². The van der Waals surface area contributed by atoms with Crippen LogP contribution in [0.4, 0.5) is 5.82 Å². The molecule has 1 saturated heterocycles. The van der Waals surface area contributed by atoms with Crippen molar-refractivity contribution in [2.24, 2.45) is 0 Å². The van der Waals surface area contributed by atoms with Gasteiger partial charge < -0.3 is 4.90 Å². The first-order chi connectivity index (χ1) is 9.72. The molecule has 5 nitrogen and oxygen atoms in total. The van der Waals surface area contributed by atoms with Gasteiger partial charge in [0.1, 0.15) is 17.5 Å². The molecule has 1 aliphatic rings. The Kier molecular flexibility index (Phi) is 3.58. The van der Waals surface area contributed by atoms with Gasteiger partial charge in [-0.15, -0.1) is 0 Å². The quantitative estimate of drug-likeness (QED) is 0.837. The minimum absolute atomic E-state index is 0.467. The van der Waals surface area contributed by atoms with Gasteiger partial charge in [-0.2, -0.15) is 0 Å². The van der Waals surface area contributed by atoms with E-state index in [-0.39, 0.29) is 0 Å². The van der Waals surface area contributed by atoms with Crippen molar-refractivity contribution in [2.45, 2.75) is 32.6 Å². The highest BCUT2D eigenvalue weighted by atomic mass is 15.2. The SMILES string of the molecule is Cc1ccnc(C2CCN(c3ccnc(C)n3)CC2)n1. The van der Waals surface area contributed by atoms with Gasteiger partial charge >= 0.3 is 0 Å². The van der Waals surface area contributed by atoms with E-state index < -0.39 is 0 Å². The van der Waals surface area contributed by atoms with Crippen molar-refractivity contribution in [2.75, 3.05) is 18.0 Å². The van der Waals surface area contributed by atoms with Crippen molar-refractivity contribution in [1.82, 2.24) is 19.9 Å². The topological polar surface area (TPSA) is 54.8 Å². The molecule has 0 bridgehead atoms. The van der Waals surface area contributed by atoms with Gasteiger partial charge in [0.25, 0.3) is 0 Å². The number of anilines is 1. The normalized spacial score (nSPS) is 16.4. The Morgan fingerprint density at radius 3 is 2.45 bits per heavy atom. The van der Waals surface area contributed by atoms with Gasteiger partial charge in [0.15, 0.2) is 0 Å². The van der Waals surface area contributed by atoms with Crippen LogP contribution in [0.25, 0.3) is 0 Å². The molecule has 0 unspecified atom stereocenters. The molecule has 0 radical (unpaired) electrons. The van der Waals surface area contributed by atoms with E-state index in [0.717, 1.165) is 49.1 Å². The number of aromatic nitrogens is 4. The lowest BCUT2D eigenvalue weighted by Crippen LogP contribution is -2.34. The molecule has 0 atom stereocenters. The summed E-state index contributed by atoms with van der Waals surface area (Å²) in [4.78, 5) is 19.9. The number of nitrogens with zero attached hydrogens (tertiary/aromatic N) is 5. The predicted molar refractivity (Wildman–Crippen MR) is 77.7 cm³/mol. The third kappa shape index (κ3) is 2.76. The van der Waals surface area contributed by atoms with Crippen molar-refractivity contribution in [3.63, 3.8) is 0 Å². The van der Waals surface area contributed by atoms with Crippen LogP contribution >= 0.6 is 0 Å². The van der Waals surface area contributed by atoms with E-state index in [4.69, 9.17) is 0 Å². The monoisotopic (exact) mass is 269 g/mol. The first-order valence-electron chi connectivity index (χ1n) is 7.06. The fraction of sp³-hybridized carbons (Fsp3) is 0.467. The Balaban J connectivity index is 1.68. The van der Waals surface area contributed by atoms with Gasteiger partial charge in [-0.05, 0) is 38.8 Å². The van der Waals surface area contributed by atoms with Crippen molar-refractivity contribution in [1.29, 1.82) is 0 Å². The highest BCUT2D eigenvalue weighted by molar-refractivity contribution is 5.38. The molecule has 3 rings (SSSR count). The number of aryl methyl sites for hydroxylation is 2. The van der Waals surface area contributed by atoms with Crippen LogP contribution in [0.3, 0.4) is 0 Å². The van der Waals surface area contributed by atoms with E-state index >= 15 is 0 Å². The summed E-state index contributed by atoms with van der Waals surface area (Å²) >= 11 is 0. The maximum absolute atomic E-state index is 4.55. The minimum Gasteiger partial charge on any atom is -0.356 e. The molecular formula is C15H19N5. The summed E-state index contributed by atoms with van der Waals surface area (Å²) < 4.78 is 0. The third-order valence-electron chi connectivity index (χ3n) is 3.76. The lowest BCUT2D eigenvalue weighted by molar-refractivity contribution is 0.482. The summed E-state index contributed by atoms with van der Waals surface area (Å²) in [7, 11) is 0. The van der Waals surface area contributed by atoms with Crippen LogP contribution in [0, 0.1) is 13.8 Å². The molecule has 0 aliphatic carbocycles. The average molecular weight is 269 g/mol. The molecule has 0 amide bonds. The molecule has 0 saturated carbocycles. The smallest absolute Gasteiger partial charge is 0.132 e. The van der Waals surface area contributed by atoms with E-state index in [2.05, 4.69) is 24.8 Å². The molecule has 0 aromatic carbocycles. The number of rotatable bonds is 2. The van der Waals surface area contributed by atoms with Crippen LogP contribution in [0.2, 0.25) is 0 Å². The van der Waals surface area contributed by atoms with Crippen LogP contribution in [0.15, 0.2) is 24.5 Å². The van der Waals surface area contributed by atoms with Gasteiger partial charge in [-0.3, -0.25) is 0 Å². The Hall–Kier alpha value is -2.04. The molecule has 104 valence electrons. The number of hydrogen-bond donors (Lipinski definition) is 0. The summed E-state index contributed by atoms with van der Waals surface area (Å²) in [6.07, 6.45) is 5.84. The van der Waals surface area contributed by atoms with Crippen molar-refractivity contribution in [3.05, 3.63) is 41.9 Å². The number of piperidine rings is 1. The standard InChI is InChI=1S/C15H19N5/c1-11-3-7-17-15(18-11)13-5-9-20(10-6-13)14-4-8-16-12(2)19-14/h3-4,7-8,13H,5-6,9-10H2,1-2H3. The molecule has 0 spiro atoms. The fourth-order valence-corrected chi connectivity index (χ4v) is 2.65. The highest BCUT2D eigenvalue weighted by Gasteiger charge is 2.23. The number of hydrogen-bond acceptors (Lipinski definition) is 5. The maximum Gasteiger partial charge on any atom is 0.132 e. The maximum atomic E-state index is 4.55. The third-order valence-corrected chi connectivity index (χ3v) is 3.76. The van der Waals surface area contributed by atoms with Gasteiger partial charge in [-0.1, -0.05) is 0 Å². The van der Waals surface area contributed by atoms with Crippen molar-refractivity contribution < 1.29 is 0 Å². The molecule has 3 heterocycles. The van der Waals surface area contributed by atoms with Gasteiger partial charge in [-0.25, -0.2) is 19.9 Å². The lowest BCUT2D eigenvalue weighted by atomic mass is 9.96. The minimum atomic E-state index is 0.467. The second-order valence-corrected chi connectivity index (χ2v) is 5.28. The van der Waals surface area contributed by atoms with E-state index in [0.29, 0.717) is 5.92 Å². The summed E-state index contributed by atoms with van der Waals surface area (Å²) in [6.45, 7) is 5.94. The predicted octanol–water partition coefficient (Wildman–Crippen LogP) is 2.27. The van der Waals surface area contributed by atoms with Crippen molar-refractivity contribution >= 4 is 5.82 Å². The van der Waals surface area contributed by atoms with Crippen molar-refractivity contribution in [3.8, 4) is 0 Å². The molecule has 0 N–H and O–H groups in total. The molecule has 2 aromatic heterocycles. The van der Waals surface area contributed by atoms with E-state index in [1.165, 1.54) is 0 Å². The molecule has 20 heavy (non-hydrogen) atoms. The summed E-state index contributed by atoms with van der Waals surface area (Å²) in [5.41, 5.74) is 1.05.